The van der Waals surface area contributed by atoms with E-state index in [1.165, 1.54) is 180 Å². The number of carbonyl (C=O) groups is 3. The minimum atomic E-state index is -0.822. The van der Waals surface area contributed by atoms with Crippen LogP contribution in [0, 0.1) is 0 Å². The molecule has 442 valence electrons. The average Bonchev–Trinajstić information content (AvgIpc) is 3.43. The lowest BCUT2D eigenvalue weighted by Gasteiger charge is -2.18. The van der Waals surface area contributed by atoms with Gasteiger partial charge in [0, 0.05) is 19.3 Å². The number of carbonyl (C=O) groups excluding carboxylic acids is 3. The van der Waals surface area contributed by atoms with Gasteiger partial charge in [-0.05, 0) is 109 Å². The van der Waals surface area contributed by atoms with E-state index >= 15 is 0 Å². The van der Waals surface area contributed by atoms with Gasteiger partial charge in [-0.1, -0.05) is 285 Å². The third-order valence-corrected chi connectivity index (χ3v) is 14.1. The zero-order valence-corrected chi connectivity index (χ0v) is 50.7. The molecule has 1 atom stereocenters. The second kappa shape index (κ2) is 64.9. The highest BCUT2D eigenvalue weighted by molar-refractivity contribution is 5.71. The molecule has 0 rings (SSSR count). The molecule has 77 heavy (non-hydrogen) atoms. The van der Waals surface area contributed by atoms with E-state index in [4.69, 9.17) is 14.2 Å². The van der Waals surface area contributed by atoms with Gasteiger partial charge in [0.15, 0.2) is 6.10 Å². The van der Waals surface area contributed by atoms with Gasteiger partial charge in [0.25, 0.3) is 0 Å². The Bertz CT molecular complexity index is 1510. The maximum absolute atomic E-state index is 12.9. The Kier molecular flexibility index (Phi) is 61.8. The molecule has 0 fully saturated rings. The number of ether oxygens (including phenoxy) is 3. The number of hydrogen-bond acceptors (Lipinski definition) is 6. The van der Waals surface area contributed by atoms with Crippen LogP contribution in [-0.4, -0.2) is 37.2 Å². The molecule has 0 aromatic heterocycles. The van der Waals surface area contributed by atoms with Crippen molar-refractivity contribution in [2.75, 3.05) is 13.2 Å². The maximum atomic E-state index is 12.9. The summed E-state index contributed by atoms with van der Waals surface area (Å²) in [6.07, 6.45) is 87.3. The fraction of sp³-hybridized carbons (Fsp3) is 0.732. The largest absolute Gasteiger partial charge is 0.462 e. The number of esters is 3. The molecule has 0 N–H and O–H groups in total. The van der Waals surface area contributed by atoms with Gasteiger partial charge in [-0.25, -0.2) is 0 Å². The lowest BCUT2D eigenvalue weighted by atomic mass is 10.0. The number of rotatable bonds is 59. The van der Waals surface area contributed by atoms with Crippen LogP contribution in [0.25, 0.3) is 0 Å². The van der Waals surface area contributed by atoms with E-state index in [-0.39, 0.29) is 31.6 Å². The zero-order valence-electron chi connectivity index (χ0n) is 50.7. The molecule has 1 unspecified atom stereocenters. The van der Waals surface area contributed by atoms with E-state index in [0.29, 0.717) is 19.3 Å². The molecule has 0 bridgehead atoms. The van der Waals surface area contributed by atoms with Crippen LogP contribution in [-0.2, 0) is 28.6 Å². The van der Waals surface area contributed by atoms with Gasteiger partial charge in [0.05, 0.1) is 0 Å². The van der Waals surface area contributed by atoms with Gasteiger partial charge in [0.1, 0.15) is 13.2 Å². The normalized spacial score (nSPS) is 12.7. The summed E-state index contributed by atoms with van der Waals surface area (Å²) in [5.74, 6) is -0.994. The first-order valence-electron chi connectivity index (χ1n) is 32.7. The van der Waals surface area contributed by atoms with E-state index in [2.05, 4.69) is 112 Å². The molecule has 0 aromatic carbocycles. The summed E-state index contributed by atoms with van der Waals surface area (Å²) >= 11 is 0. The fourth-order valence-electron chi connectivity index (χ4n) is 9.17. The Labute approximate surface area is 477 Å². The van der Waals surface area contributed by atoms with E-state index in [1.54, 1.807) is 0 Å². The summed E-state index contributed by atoms with van der Waals surface area (Å²) in [7, 11) is 0. The van der Waals surface area contributed by atoms with E-state index in [1.807, 2.05) is 6.08 Å². The molecular formula is C71H122O6. The van der Waals surface area contributed by atoms with Crippen LogP contribution in [0.5, 0.6) is 0 Å². The van der Waals surface area contributed by atoms with Gasteiger partial charge in [-0.3, -0.25) is 14.4 Å². The summed E-state index contributed by atoms with van der Waals surface area (Å²) in [6, 6.07) is 0. The van der Waals surface area contributed by atoms with Crippen molar-refractivity contribution in [2.45, 2.75) is 322 Å². The predicted octanol–water partition coefficient (Wildman–Crippen LogP) is 22.4. The zero-order chi connectivity index (χ0) is 55.7. The van der Waals surface area contributed by atoms with Gasteiger partial charge >= 0.3 is 17.9 Å². The van der Waals surface area contributed by atoms with Crippen molar-refractivity contribution in [3.05, 3.63) is 97.2 Å². The third kappa shape index (κ3) is 63.0. The van der Waals surface area contributed by atoms with Crippen LogP contribution in [0.4, 0.5) is 0 Å². The van der Waals surface area contributed by atoms with Gasteiger partial charge in [0.2, 0.25) is 0 Å². The Morgan fingerprint density at radius 3 is 0.857 bits per heavy atom. The van der Waals surface area contributed by atoms with E-state index in [0.717, 1.165) is 89.9 Å². The summed E-state index contributed by atoms with van der Waals surface area (Å²) in [6.45, 7) is 6.47. The molecule has 0 heterocycles. The van der Waals surface area contributed by atoms with E-state index < -0.39 is 12.1 Å². The average molecular weight is 1070 g/mol. The van der Waals surface area contributed by atoms with Crippen LogP contribution in [0.3, 0.4) is 0 Å². The monoisotopic (exact) mass is 1070 g/mol. The van der Waals surface area contributed by atoms with Crippen molar-refractivity contribution in [1.29, 1.82) is 0 Å². The predicted molar refractivity (Wildman–Crippen MR) is 334 cm³/mol. The topological polar surface area (TPSA) is 78.9 Å². The van der Waals surface area contributed by atoms with Crippen LogP contribution < -0.4 is 0 Å². The molecule has 6 nitrogen and oxygen atoms in total. The van der Waals surface area contributed by atoms with Gasteiger partial charge < -0.3 is 14.2 Å². The first kappa shape index (κ1) is 73.3. The Morgan fingerprint density at radius 1 is 0.273 bits per heavy atom. The maximum Gasteiger partial charge on any atom is 0.306 e. The second-order valence-electron chi connectivity index (χ2n) is 21.6. The highest BCUT2D eigenvalue weighted by atomic mass is 16.6. The molecule has 0 aromatic rings. The third-order valence-electron chi connectivity index (χ3n) is 14.1. The lowest BCUT2D eigenvalue weighted by molar-refractivity contribution is -0.166. The number of hydrogen-bond donors (Lipinski definition) is 0. The number of allylic oxidation sites excluding steroid dienone is 16. The highest BCUT2D eigenvalue weighted by Crippen LogP contribution is 2.16. The molecule has 0 saturated carbocycles. The molecule has 0 radical (unpaired) electrons. The van der Waals surface area contributed by atoms with Crippen molar-refractivity contribution in [3.63, 3.8) is 0 Å². The Hall–Kier alpha value is -3.67. The summed E-state index contributed by atoms with van der Waals surface area (Å²) in [4.78, 5) is 38.3. The highest BCUT2D eigenvalue weighted by Gasteiger charge is 2.19. The van der Waals surface area contributed by atoms with Crippen LogP contribution in [0.15, 0.2) is 97.2 Å². The van der Waals surface area contributed by atoms with Gasteiger partial charge in [-0.15, -0.1) is 0 Å². The quantitative estimate of drug-likeness (QED) is 0.0261. The minimum Gasteiger partial charge on any atom is -0.462 e. The molecule has 0 amide bonds. The van der Waals surface area contributed by atoms with E-state index in [9.17, 15) is 14.4 Å². The van der Waals surface area contributed by atoms with Crippen molar-refractivity contribution >= 4 is 17.9 Å². The SMILES string of the molecule is CC/C=C\C/C=C\C/C=C\C/C=C\C/C=C\C/C=C\CCC(=O)OC(COC(=O)CCCCCCC/C=C\CCCCCC)COC(=O)CCCCCCCCCCCCCCCCC/C=C\CCCCCCCCCC. The lowest BCUT2D eigenvalue weighted by Crippen LogP contribution is -2.30. The molecule has 0 aliphatic rings. The minimum absolute atomic E-state index is 0.109. The second-order valence-corrected chi connectivity index (χ2v) is 21.6. The van der Waals surface area contributed by atoms with Crippen molar-refractivity contribution in [3.8, 4) is 0 Å². The summed E-state index contributed by atoms with van der Waals surface area (Å²) in [5.41, 5.74) is 0. The van der Waals surface area contributed by atoms with Crippen LogP contribution >= 0.6 is 0 Å². The molecule has 0 saturated heterocycles. The Morgan fingerprint density at radius 2 is 0.532 bits per heavy atom. The molecule has 0 aliphatic heterocycles. The van der Waals surface area contributed by atoms with Crippen LogP contribution in [0.1, 0.15) is 316 Å². The first-order valence-corrected chi connectivity index (χ1v) is 32.7. The standard InChI is InChI=1S/C71H122O6/c1-4-7-10-13-16-19-22-25-27-29-31-32-33-34-35-36-37-38-40-41-43-46-49-52-55-58-61-64-70(73)76-67-68(66-75-69(72)63-60-57-54-51-48-45-24-21-18-15-12-9-6-3)77-71(74)65-62-59-56-53-50-47-44-42-39-30-28-26-23-20-17-14-11-8-5-2/h8,11,17,20-21,24,26,28-29,31,39,42,47,50,56,59,68H,4-7,9-10,12-16,18-19,22-23,25,27,30,32-38,40-41,43-46,48-49,51-55,57-58,60-67H2,1-3H3/b11-8-,20-17-,24-21-,28-26-,31-29-,42-39-,50-47-,59-56-. The fourth-order valence-corrected chi connectivity index (χ4v) is 9.17. The van der Waals surface area contributed by atoms with Crippen molar-refractivity contribution in [2.24, 2.45) is 0 Å². The molecule has 6 heteroatoms. The van der Waals surface area contributed by atoms with Crippen LogP contribution in [0.2, 0.25) is 0 Å². The van der Waals surface area contributed by atoms with Crippen molar-refractivity contribution in [1.82, 2.24) is 0 Å². The molecule has 0 aliphatic carbocycles. The smallest absolute Gasteiger partial charge is 0.306 e. The summed E-state index contributed by atoms with van der Waals surface area (Å²) in [5, 5.41) is 0. The first-order chi connectivity index (χ1) is 38.0. The van der Waals surface area contributed by atoms with Crippen molar-refractivity contribution < 1.29 is 28.6 Å². The van der Waals surface area contributed by atoms with Gasteiger partial charge in [-0.2, -0.15) is 0 Å². The number of unbranched alkanes of at least 4 members (excludes halogenated alkanes) is 32. The summed E-state index contributed by atoms with van der Waals surface area (Å²) < 4.78 is 16.8. The molecular weight excluding hydrogens is 949 g/mol. The molecule has 0 spiro atoms. The Balaban J connectivity index is 4.34.